The molecule has 4 rings (SSSR count). The summed E-state index contributed by atoms with van der Waals surface area (Å²) in [7, 11) is 0. The van der Waals surface area contributed by atoms with Gasteiger partial charge in [-0.1, -0.05) is 52.7 Å². The largest absolute Gasteiger partial charge is 0.328 e. The number of halogens is 1. The van der Waals surface area contributed by atoms with Crippen molar-refractivity contribution in [2.75, 3.05) is 16.1 Å². The van der Waals surface area contributed by atoms with E-state index in [0.29, 0.717) is 16.9 Å². The summed E-state index contributed by atoms with van der Waals surface area (Å²) in [5.74, 6) is -2.15. The van der Waals surface area contributed by atoms with E-state index in [1.165, 1.54) is 4.68 Å². The molecule has 1 heterocycles. The highest BCUT2D eigenvalue weighted by Gasteiger charge is 2.21. The number of amides is 3. The Balaban J connectivity index is 1.61. The molecule has 7 nitrogen and oxygen atoms in total. The number of anilines is 2. The van der Waals surface area contributed by atoms with Gasteiger partial charge in [0, 0.05) is 21.2 Å². The molecule has 3 amide bonds. The fraction of sp³-hybridized carbons (Fsp3) is 0.148. The van der Waals surface area contributed by atoms with Crippen LogP contribution in [0.25, 0.3) is 10.9 Å². The molecule has 178 valence electrons. The lowest BCUT2D eigenvalue weighted by Crippen LogP contribution is -2.36. The number of aryl methyl sites for hydroxylation is 3. The van der Waals surface area contributed by atoms with E-state index in [4.69, 9.17) is 0 Å². The summed E-state index contributed by atoms with van der Waals surface area (Å²) in [5, 5.41) is 6.21. The van der Waals surface area contributed by atoms with E-state index in [0.717, 1.165) is 33.0 Å². The highest BCUT2D eigenvalue weighted by molar-refractivity contribution is 9.10. The standard InChI is InChI=1S/C27H25BrN4O3/c1-4-18-6-9-21(10-7-18)29-26(34)27(35)31-32-23-12-8-20(28)14-19(23)15-24(32)25(33)30-22-11-5-16(2)13-17(22)3/h5-15H,4H2,1-3H3,(H,29,34)(H,30,33)(H,31,35). The second kappa shape index (κ2) is 10.1. The van der Waals surface area contributed by atoms with Gasteiger partial charge in [-0.15, -0.1) is 0 Å². The molecule has 0 unspecified atom stereocenters. The van der Waals surface area contributed by atoms with Crippen molar-refractivity contribution in [2.24, 2.45) is 0 Å². The normalized spacial score (nSPS) is 10.7. The number of fused-ring (bicyclic) bond motifs is 1. The fourth-order valence-corrected chi connectivity index (χ4v) is 4.16. The number of hydrogen-bond acceptors (Lipinski definition) is 3. The van der Waals surface area contributed by atoms with Gasteiger partial charge in [-0.05, 0) is 73.9 Å². The molecule has 0 saturated heterocycles. The van der Waals surface area contributed by atoms with Gasteiger partial charge in [0.15, 0.2) is 0 Å². The topological polar surface area (TPSA) is 92.2 Å². The Labute approximate surface area is 211 Å². The average Bonchev–Trinajstić information content (AvgIpc) is 3.18. The highest BCUT2D eigenvalue weighted by Crippen LogP contribution is 2.25. The zero-order valence-corrected chi connectivity index (χ0v) is 21.2. The molecule has 3 aromatic carbocycles. The first-order chi connectivity index (χ1) is 16.7. The Kier molecular flexibility index (Phi) is 7.02. The minimum atomic E-state index is -0.898. The molecule has 0 saturated carbocycles. The fourth-order valence-electron chi connectivity index (χ4n) is 3.78. The van der Waals surface area contributed by atoms with Crippen LogP contribution in [0.2, 0.25) is 0 Å². The molecule has 0 bridgehead atoms. The second-order valence-electron chi connectivity index (χ2n) is 8.29. The van der Waals surface area contributed by atoms with E-state index < -0.39 is 17.7 Å². The summed E-state index contributed by atoms with van der Waals surface area (Å²) in [6, 6.07) is 20.0. The van der Waals surface area contributed by atoms with E-state index >= 15 is 0 Å². The van der Waals surface area contributed by atoms with Gasteiger partial charge in [-0.3, -0.25) is 19.8 Å². The Morgan fingerprint density at radius 3 is 2.29 bits per heavy atom. The third-order valence-electron chi connectivity index (χ3n) is 5.67. The number of aromatic nitrogens is 1. The van der Waals surface area contributed by atoms with E-state index in [-0.39, 0.29) is 5.69 Å². The van der Waals surface area contributed by atoms with Gasteiger partial charge in [0.2, 0.25) is 0 Å². The molecule has 4 aromatic rings. The van der Waals surface area contributed by atoms with Gasteiger partial charge in [-0.25, -0.2) is 4.68 Å². The SMILES string of the molecule is CCc1ccc(NC(=O)C(=O)Nn2c(C(=O)Nc3ccc(C)cc3C)cc3cc(Br)ccc32)cc1. The highest BCUT2D eigenvalue weighted by atomic mass is 79.9. The van der Waals surface area contributed by atoms with E-state index in [9.17, 15) is 14.4 Å². The smallest absolute Gasteiger partial charge is 0.320 e. The van der Waals surface area contributed by atoms with Crippen molar-refractivity contribution in [1.29, 1.82) is 0 Å². The summed E-state index contributed by atoms with van der Waals surface area (Å²) in [4.78, 5) is 38.6. The van der Waals surface area contributed by atoms with Gasteiger partial charge in [0.1, 0.15) is 5.69 Å². The first-order valence-corrected chi connectivity index (χ1v) is 12.0. The summed E-state index contributed by atoms with van der Waals surface area (Å²) < 4.78 is 2.16. The molecule has 0 radical (unpaired) electrons. The minimum Gasteiger partial charge on any atom is -0.320 e. The van der Waals surface area contributed by atoms with Crippen molar-refractivity contribution >= 4 is 55.9 Å². The van der Waals surface area contributed by atoms with Crippen LogP contribution in [-0.4, -0.2) is 22.4 Å². The summed E-state index contributed by atoms with van der Waals surface area (Å²) in [5.41, 5.74) is 7.64. The van der Waals surface area contributed by atoms with Crippen molar-refractivity contribution in [3.63, 3.8) is 0 Å². The number of carbonyl (C=O) groups is 3. The molecule has 0 spiro atoms. The molecule has 0 aliphatic carbocycles. The maximum Gasteiger partial charge on any atom is 0.328 e. The Hall–Kier alpha value is -3.91. The zero-order valence-electron chi connectivity index (χ0n) is 19.6. The number of hydrogen-bond donors (Lipinski definition) is 3. The Morgan fingerprint density at radius 1 is 0.857 bits per heavy atom. The van der Waals surface area contributed by atoms with Gasteiger partial charge in [-0.2, -0.15) is 0 Å². The number of rotatable bonds is 5. The van der Waals surface area contributed by atoms with Crippen LogP contribution >= 0.6 is 15.9 Å². The quantitative estimate of drug-likeness (QED) is 0.294. The van der Waals surface area contributed by atoms with Crippen LogP contribution in [0.5, 0.6) is 0 Å². The third kappa shape index (κ3) is 5.44. The molecule has 1 aromatic heterocycles. The van der Waals surface area contributed by atoms with Crippen molar-refractivity contribution in [2.45, 2.75) is 27.2 Å². The molecule has 0 atom stereocenters. The zero-order chi connectivity index (χ0) is 25.1. The molecule has 0 aliphatic heterocycles. The molecule has 8 heteroatoms. The number of nitrogens with zero attached hydrogens (tertiary/aromatic N) is 1. The van der Waals surface area contributed by atoms with Crippen LogP contribution in [0.1, 0.15) is 34.1 Å². The molecule has 0 aliphatic rings. The summed E-state index contributed by atoms with van der Waals surface area (Å²) in [6.07, 6.45) is 0.873. The molecular formula is C27H25BrN4O3. The van der Waals surface area contributed by atoms with Gasteiger partial charge < -0.3 is 10.6 Å². The Morgan fingerprint density at radius 2 is 1.60 bits per heavy atom. The molecule has 3 N–H and O–H groups in total. The average molecular weight is 533 g/mol. The van der Waals surface area contributed by atoms with Crippen LogP contribution in [-0.2, 0) is 16.0 Å². The molecule has 0 fully saturated rings. The van der Waals surface area contributed by atoms with Crippen molar-refractivity contribution in [1.82, 2.24) is 4.68 Å². The van der Waals surface area contributed by atoms with E-state index in [1.807, 2.05) is 57.2 Å². The van der Waals surface area contributed by atoms with Gasteiger partial charge in [0.05, 0.1) is 5.52 Å². The predicted octanol–water partition coefficient (Wildman–Crippen LogP) is 5.54. The van der Waals surface area contributed by atoms with Crippen molar-refractivity contribution < 1.29 is 14.4 Å². The van der Waals surface area contributed by atoms with Crippen LogP contribution in [0.15, 0.2) is 71.2 Å². The lowest BCUT2D eigenvalue weighted by molar-refractivity contribution is -0.133. The first-order valence-electron chi connectivity index (χ1n) is 11.2. The van der Waals surface area contributed by atoms with Crippen molar-refractivity contribution in [3.05, 3.63) is 93.6 Å². The van der Waals surface area contributed by atoms with Gasteiger partial charge in [0.25, 0.3) is 5.91 Å². The number of nitrogens with one attached hydrogen (secondary N) is 3. The summed E-state index contributed by atoms with van der Waals surface area (Å²) in [6.45, 7) is 5.93. The maximum atomic E-state index is 13.2. The minimum absolute atomic E-state index is 0.187. The summed E-state index contributed by atoms with van der Waals surface area (Å²) >= 11 is 3.43. The van der Waals surface area contributed by atoms with Crippen LogP contribution in [0.3, 0.4) is 0 Å². The van der Waals surface area contributed by atoms with Gasteiger partial charge >= 0.3 is 11.8 Å². The van der Waals surface area contributed by atoms with Crippen LogP contribution in [0.4, 0.5) is 11.4 Å². The first kappa shape index (κ1) is 24.2. The second-order valence-corrected chi connectivity index (χ2v) is 9.20. The van der Waals surface area contributed by atoms with E-state index in [1.54, 1.807) is 30.3 Å². The molecule has 35 heavy (non-hydrogen) atoms. The monoisotopic (exact) mass is 532 g/mol. The number of carbonyl (C=O) groups excluding carboxylic acids is 3. The van der Waals surface area contributed by atoms with Crippen LogP contribution < -0.4 is 16.1 Å². The maximum absolute atomic E-state index is 13.2. The lowest BCUT2D eigenvalue weighted by atomic mass is 10.1. The van der Waals surface area contributed by atoms with Crippen LogP contribution in [0, 0.1) is 13.8 Å². The van der Waals surface area contributed by atoms with E-state index in [2.05, 4.69) is 32.0 Å². The Bertz CT molecular complexity index is 1440. The molecular weight excluding hydrogens is 508 g/mol. The predicted molar refractivity (Wildman–Crippen MR) is 142 cm³/mol. The number of benzene rings is 3. The lowest BCUT2D eigenvalue weighted by Gasteiger charge is -2.14. The van der Waals surface area contributed by atoms with Crippen molar-refractivity contribution in [3.8, 4) is 0 Å². The third-order valence-corrected chi connectivity index (χ3v) is 6.16.